The molecule has 3 aliphatic rings. The van der Waals surface area contributed by atoms with Gasteiger partial charge in [-0.05, 0) is 38.6 Å². The number of amidine groups is 1. The Labute approximate surface area is 200 Å². The number of hydrogen-bond donors (Lipinski definition) is 0. The summed E-state index contributed by atoms with van der Waals surface area (Å²) in [5, 5.41) is 6.40. The van der Waals surface area contributed by atoms with Crippen LogP contribution in [0.2, 0.25) is 0 Å². The van der Waals surface area contributed by atoms with Crippen molar-refractivity contribution in [3.8, 4) is 5.75 Å². The minimum Gasteiger partial charge on any atom is -0.493 e. The van der Waals surface area contributed by atoms with Gasteiger partial charge in [-0.25, -0.2) is 18.4 Å². The van der Waals surface area contributed by atoms with Crippen LogP contribution in [0, 0.1) is 0 Å². The first-order valence-electron chi connectivity index (χ1n) is 11.2. The molecule has 1 unspecified atom stereocenters. The number of hydrogen-bond acceptors (Lipinski definition) is 8. The van der Waals surface area contributed by atoms with E-state index in [0.717, 1.165) is 24.3 Å². The normalized spacial score (nSPS) is 22.1. The fourth-order valence-electron chi connectivity index (χ4n) is 4.18. The van der Waals surface area contributed by atoms with Gasteiger partial charge in [0.05, 0.1) is 28.5 Å². The van der Waals surface area contributed by atoms with E-state index in [-0.39, 0.29) is 10.9 Å². The second-order valence-corrected chi connectivity index (χ2v) is 10.7. The second-order valence-electron chi connectivity index (χ2n) is 8.34. The molecule has 0 N–H and O–H groups in total. The zero-order valence-electron chi connectivity index (χ0n) is 19.5. The summed E-state index contributed by atoms with van der Waals surface area (Å²) in [5.74, 6) is 0.892. The van der Waals surface area contributed by atoms with Gasteiger partial charge in [-0.15, -0.1) is 0 Å². The summed E-state index contributed by atoms with van der Waals surface area (Å²) < 4.78 is 34.1. The summed E-state index contributed by atoms with van der Waals surface area (Å²) in [6, 6.07) is 4.62. The quantitative estimate of drug-likeness (QED) is 0.543. The van der Waals surface area contributed by atoms with Crippen molar-refractivity contribution in [1.82, 2.24) is 14.2 Å². The lowest BCUT2D eigenvalue weighted by molar-refractivity contribution is 0.222. The van der Waals surface area contributed by atoms with Crippen LogP contribution in [0.1, 0.15) is 32.3 Å². The van der Waals surface area contributed by atoms with Crippen LogP contribution < -0.4 is 4.74 Å². The molecule has 11 heteroatoms. The van der Waals surface area contributed by atoms with E-state index < -0.39 is 10.0 Å². The largest absolute Gasteiger partial charge is 0.493 e. The summed E-state index contributed by atoms with van der Waals surface area (Å²) in [6.45, 7) is 6.72. The molecule has 0 aliphatic carbocycles. The van der Waals surface area contributed by atoms with Gasteiger partial charge in [0.25, 0.3) is 0 Å². The van der Waals surface area contributed by atoms with Gasteiger partial charge in [0.2, 0.25) is 10.0 Å². The van der Waals surface area contributed by atoms with Crippen LogP contribution in [0.4, 0.5) is 0 Å². The van der Waals surface area contributed by atoms with Gasteiger partial charge in [0.15, 0.2) is 5.84 Å². The fourth-order valence-corrected chi connectivity index (χ4v) is 5.98. The Morgan fingerprint density at radius 2 is 1.85 bits per heavy atom. The lowest BCUT2D eigenvalue weighted by Gasteiger charge is -2.31. The lowest BCUT2D eigenvalue weighted by Crippen LogP contribution is -2.47. The van der Waals surface area contributed by atoms with Crippen molar-refractivity contribution in [2.75, 3.05) is 46.9 Å². The highest BCUT2D eigenvalue weighted by atomic mass is 32.2. The molecule has 1 aromatic rings. The summed E-state index contributed by atoms with van der Waals surface area (Å²) in [5.41, 5.74) is 2.19. The molecule has 4 rings (SSSR count). The molecule has 3 heterocycles. The third-order valence-corrected chi connectivity index (χ3v) is 8.17. The Kier molecular flexibility index (Phi) is 6.94. The number of benzene rings is 1. The molecular formula is C22H30N6O3S2. The van der Waals surface area contributed by atoms with Crippen molar-refractivity contribution >= 4 is 44.5 Å². The number of aliphatic imine (C=N–C) groups is 2. The molecule has 1 saturated heterocycles. The Balaban J connectivity index is 1.75. The number of fused-ring (bicyclic) bond motifs is 1. The van der Waals surface area contributed by atoms with Gasteiger partial charge in [0.1, 0.15) is 16.8 Å². The van der Waals surface area contributed by atoms with Gasteiger partial charge in [-0.2, -0.15) is 9.41 Å². The molecule has 0 radical (unpaired) electrons. The monoisotopic (exact) mass is 490 g/mol. The molecule has 33 heavy (non-hydrogen) atoms. The molecule has 3 aliphatic heterocycles. The van der Waals surface area contributed by atoms with Gasteiger partial charge in [0, 0.05) is 33.2 Å². The van der Waals surface area contributed by atoms with Crippen molar-refractivity contribution in [3.05, 3.63) is 23.8 Å². The van der Waals surface area contributed by atoms with Crippen LogP contribution in [-0.4, -0.2) is 97.8 Å². The van der Waals surface area contributed by atoms with Crippen LogP contribution in [0.3, 0.4) is 0 Å². The standard InChI is InChI=1S/C22H30N6O3S2/c1-5-7-17-19-20(27(4)25-17)22(32)24-21(23-19)16-14-15(8-9-18(16)31-6-2)33(29,30)28-12-10-26(3)11-13-28/h8-9,14,20H,5-7,10-13H2,1-4H3. The number of sulfonamides is 1. The Morgan fingerprint density at radius 3 is 2.52 bits per heavy atom. The summed E-state index contributed by atoms with van der Waals surface area (Å²) >= 11 is 5.61. The third-order valence-electron chi connectivity index (χ3n) is 5.96. The maximum absolute atomic E-state index is 13.4. The number of rotatable bonds is 7. The highest BCUT2D eigenvalue weighted by Crippen LogP contribution is 2.29. The predicted molar refractivity (Wildman–Crippen MR) is 134 cm³/mol. The maximum atomic E-state index is 13.4. The van der Waals surface area contributed by atoms with E-state index in [1.165, 1.54) is 4.31 Å². The summed E-state index contributed by atoms with van der Waals surface area (Å²) in [4.78, 5) is 12.2. The van der Waals surface area contributed by atoms with E-state index in [2.05, 4.69) is 21.9 Å². The van der Waals surface area contributed by atoms with Crippen molar-refractivity contribution in [2.24, 2.45) is 15.1 Å². The second kappa shape index (κ2) is 9.57. The SMILES string of the molecule is CCCC1=NN(C)C2C(=S)N=C(c3cc(S(=O)(=O)N4CCN(C)CC4)ccc3OCC)N=C12. The molecule has 1 atom stereocenters. The number of nitrogens with zero attached hydrogens (tertiary/aromatic N) is 6. The van der Waals surface area contributed by atoms with E-state index in [0.29, 0.717) is 54.9 Å². The van der Waals surface area contributed by atoms with Crippen molar-refractivity contribution in [3.63, 3.8) is 0 Å². The van der Waals surface area contributed by atoms with Gasteiger partial charge in [-0.1, -0.05) is 25.6 Å². The zero-order chi connectivity index (χ0) is 23.8. The first-order valence-corrected chi connectivity index (χ1v) is 13.1. The first kappa shape index (κ1) is 23.9. The average molecular weight is 491 g/mol. The van der Waals surface area contributed by atoms with Crippen LogP contribution in [0.15, 0.2) is 38.2 Å². The number of likely N-dealkylation sites (N-methyl/N-ethyl adjacent to an activating group) is 2. The fraction of sp³-hybridized carbons (Fsp3) is 0.545. The Hall–Kier alpha value is -2.21. The smallest absolute Gasteiger partial charge is 0.243 e. The molecule has 1 aromatic carbocycles. The third kappa shape index (κ3) is 4.59. The lowest BCUT2D eigenvalue weighted by atomic mass is 10.0. The van der Waals surface area contributed by atoms with Crippen molar-refractivity contribution in [2.45, 2.75) is 37.6 Å². The maximum Gasteiger partial charge on any atom is 0.243 e. The summed E-state index contributed by atoms with van der Waals surface area (Å²) in [6.07, 6.45) is 1.71. The topological polar surface area (TPSA) is 90.2 Å². The van der Waals surface area contributed by atoms with Crippen molar-refractivity contribution in [1.29, 1.82) is 0 Å². The van der Waals surface area contributed by atoms with Crippen LogP contribution in [0.5, 0.6) is 5.75 Å². The Morgan fingerprint density at radius 1 is 1.12 bits per heavy atom. The molecular weight excluding hydrogens is 460 g/mol. The number of thiocarbonyl (C=S) groups is 1. The number of hydrazone groups is 1. The van der Waals surface area contributed by atoms with E-state index in [9.17, 15) is 8.42 Å². The zero-order valence-corrected chi connectivity index (χ0v) is 21.1. The van der Waals surface area contributed by atoms with Crippen molar-refractivity contribution < 1.29 is 13.2 Å². The van der Waals surface area contributed by atoms with Crippen LogP contribution >= 0.6 is 12.2 Å². The van der Waals surface area contributed by atoms with Gasteiger partial charge in [-0.3, -0.25) is 5.01 Å². The van der Waals surface area contributed by atoms with Gasteiger partial charge < -0.3 is 9.64 Å². The number of piperazine rings is 1. The first-order chi connectivity index (χ1) is 15.8. The Bertz CT molecular complexity index is 1140. The molecule has 0 amide bonds. The highest BCUT2D eigenvalue weighted by Gasteiger charge is 2.38. The van der Waals surface area contributed by atoms with E-state index in [4.69, 9.17) is 21.9 Å². The van der Waals surface area contributed by atoms with E-state index in [1.54, 1.807) is 23.2 Å². The number of ether oxygens (including phenoxy) is 1. The van der Waals surface area contributed by atoms with E-state index in [1.807, 2.05) is 21.0 Å². The highest BCUT2D eigenvalue weighted by molar-refractivity contribution is 7.89. The van der Waals surface area contributed by atoms with Crippen LogP contribution in [0.25, 0.3) is 0 Å². The molecule has 0 saturated carbocycles. The minimum absolute atomic E-state index is 0.201. The average Bonchev–Trinajstić information content (AvgIpc) is 3.10. The van der Waals surface area contributed by atoms with Gasteiger partial charge >= 0.3 is 0 Å². The molecule has 178 valence electrons. The molecule has 9 nitrogen and oxygen atoms in total. The predicted octanol–water partition coefficient (Wildman–Crippen LogP) is 2.02. The summed E-state index contributed by atoms with van der Waals surface area (Å²) in [7, 11) is 0.203. The minimum atomic E-state index is -3.65. The molecule has 0 bridgehead atoms. The van der Waals surface area contributed by atoms with Crippen LogP contribution in [-0.2, 0) is 10.0 Å². The molecule has 1 fully saturated rings. The molecule has 0 aromatic heterocycles. The molecule has 0 spiro atoms. The van der Waals surface area contributed by atoms with E-state index >= 15 is 0 Å².